The van der Waals surface area contributed by atoms with Crippen molar-refractivity contribution in [2.45, 2.75) is 32.4 Å². The number of para-hydroxylation sites is 1. The lowest BCUT2D eigenvalue weighted by Crippen LogP contribution is -2.32. The molecule has 1 saturated carbocycles. The molecule has 4 rings (SSSR count). The van der Waals surface area contributed by atoms with Gasteiger partial charge >= 0.3 is 0 Å². The highest BCUT2D eigenvalue weighted by molar-refractivity contribution is 6.04. The molecule has 7 heteroatoms. The first-order valence-corrected chi connectivity index (χ1v) is 7.89. The Hall–Kier alpha value is -2.70. The standard InChI is InChI=1S/C16H18N6O/c1-2-22-15(17-9-18-22)13(10-7-8-10)19-16(23)14-11-5-3-4-6-12(11)20-21-14/h3-6,9-10,13H,2,7-8H2,1H3,(H,19,23)(H,20,21)/t13-/m1/s1. The Balaban J connectivity index is 1.63. The van der Waals surface area contributed by atoms with Crippen LogP contribution >= 0.6 is 0 Å². The van der Waals surface area contributed by atoms with Crippen LogP contribution in [0, 0.1) is 5.92 Å². The molecule has 1 aromatic carbocycles. The molecule has 0 spiro atoms. The molecule has 0 unspecified atom stereocenters. The molecule has 2 N–H and O–H groups in total. The van der Waals surface area contributed by atoms with Gasteiger partial charge in [0, 0.05) is 11.9 Å². The van der Waals surface area contributed by atoms with Crippen molar-refractivity contribution in [1.82, 2.24) is 30.3 Å². The lowest BCUT2D eigenvalue weighted by molar-refractivity contribution is 0.0925. The number of fused-ring (bicyclic) bond motifs is 1. The fraction of sp³-hybridized carbons (Fsp3) is 0.375. The van der Waals surface area contributed by atoms with Gasteiger partial charge in [-0.05, 0) is 31.7 Å². The first-order valence-electron chi connectivity index (χ1n) is 7.89. The zero-order valence-corrected chi connectivity index (χ0v) is 12.9. The van der Waals surface area contributed by atoms with Crippen molar-refractivity contribution in [2.24, 2.45) is 5.92 Å². The van der Waals surface area contributed by atoms with Gasteiger partial charge in [0.1, 0.15) is 12.2 Å². The number of nitrogens with one attached hydrogen (secondary N) is 2. The number of carbonyl (C=O) groups excluding carboxylic acids is 1. The molecule has 118 valence electrons. The molecule has 7 nitrogen and oxygen atoms in total. The van der Waals surface area contributed by atoms with Gasteiger partial charge in [0.05, 0.1) is 11.6 Å². The molecule has 1 atom stereocenters. The topological polar surface area (TPSA) is 88.5 Å². The molecule has 0 bridgehead atoms. The summed E-state index contributed by atoms with van der Waals surface area (Å²) in [6.07, 6.45) is 3.75. The van der Waals surface area contributed by atoms with E-state index in [0.29, 0.717) is 11.6 Å². The summed E-state index contributed by atoms with van der Waals surface area (Å²) in [6, 6.07) is 7.51. The minimum atomic E-state index is -0.176. The number of carbonyl (C=O) groups is 1. The first kappa shape index (κ1) is 13.9. The summed E-state index contributed by atoms with van der Waals surface area (Å²) in [4.78, 5) is 17.1. The van der Waals surface area contributed by atoms with Crippen LogP contribution in [0.4, 0.5) is 0 Å². The number of nitrogens with zero attached hydrogens (tertiary/aromatic N) is 4. The summed E-state index contributed by atoms with van der Waals surface area (Å²) >= 11 is 0. The molecule has 2 aromatic heterocycles. The van der Waals surface area contributed by atoms with Crippen LogP contribution in [0.2, 0.25) is 0 Å². The van der Waals surface area contributed by atoms with Gasteiger partial charge in [-0.1, -0.05) is 18.2 Å². The minimum Gasteiger partial charge on any atom is -0.340 e. The number of hydrogen-bond donors (Lipinski definition) is 2. The van der Waals surface area contributed by atoms with Gasteiger partial charge in [-0.15, -0.1) is 0 Å². The largest absolute Gasteiger partial charge is 0.340 e. The van der Waals surface area contributed by atoms with Crippen molar-refractivity contribution in [3.8, 4) is 0 Å². The Labute approximate surface area is 133 Å². The Bertz CT molecular complexity index is 847. The van der Waals surface area contributed by atoms with Crippen LogP contribution in [0.15, 0.2) is 30.6 Å². The fourth-order valence-electron chi connectivity index (χ4n) is 2.93. The Morgan fingerprint density at radius 3 is 3.04 bits per heavy atom. The fourth-order valence-corrected chi connectivity index (χ4v) is 2.93. The van der Waals surface area contributed by atoms with Crippen LogP contribution in [0.25, 0.3) is 10.9 Å². The number of hydrogen-bond acceptors (Lipinski definition) is 4. The van der Waals surface area contributed by atoms with Gasteiger partial charge in [-0.3, -0.25) is 9.89 Å². The smallest absolute Gasteiger partial charge is 0.273 e. The van der Waals surface area contributed by atoms with Crippen LogP contribution in [0.1, 0.15) is 42.1 Å². The monoisotopic (exact) mass is 310 g/mol. The SMILES string of the molecule is CCn1ncnc1[C@H](NC(=O)c1n[nH]c2ccccc12)C1CC1. The van der Waals surface area contributed by atoms with Crippen LogP contribution in [-0.2, 0) is 6.54 Å². The molecule has 0 saturated heterocycles. The van der Waals surface area contributed by atoms with Crippen LogP contribution in [0.3, 0.4) is 0 Å². The number of aromatic nitrogens is 5. The van der Waals surface area contributed by atoms with Crippen molar-refractivity contribution in [2.75, 3.05) is 0 Å². The number of amides is 1. The molecule has 0 aliphatic heterocycles. The van der Waals surface area contributed by atoms with Gasteiger partial charge in [0.25, 0.3) is 5.91 Å². The van der Waals surface area contributed by atoms with E-state index in [1.807, 2.05) is 35.9 Å². The molecule has 23 heavy (non-hydrogen) atoms. The maximum absolute atomic E-state index is 12.7. The van der Waals surface area contributed by atoms with E-state index in [9.17, 15) is 4.79 Å². The van der Waals surface area contributed by atoms with Gasteiger partial charge < -0.3 is 5.32 Å². The van der Waals surface area contributed by atoms with Crippen molar-refractivity contribution < 1.29 is 4.79 Å². The summed E-state index contributed by atoms with van der Waals surface area (Å²) in [5.74, 6) is 1.08. The number of aryl methyl sites for hydroxylation is 1. The Kier molecular flexibility index (Phi) is 3.33. The van der Waals surface area contributed by atoms with E-state index in [2.05, 4.69) is 25.6 Å². The molecular weight excluding hydrogens is 292 g/mol. The van der Waals surface area contributed by atoms with Gasteiger partial charge in [0.15, 0.2) is 5.69 Å². The maximum Gasteiger partial charge on any atom is 0.273 e. The first-order chi connectivity index (χ1) is 11.3. The zero-order chi connectivity index (χ0) is 15.8. The summed E-state index contributed by atoms with van der Waals surface area (Å²) < 4.78 is 1.84. The summed E-state index contributed by atoms with van der Waals surface area (Å²) in [5, 5.41) is 15.2. The lowest BCUT2D eigenvalue weighted by atomic mass is 10.1. The second-order valence-corrected chi connectivity index (χ2v) is 5.84. The van der Waals surface area contributed by atoms with E-state index in [1.54, 1.807) is 6.33 Å². The molecule has 1 amide bonds. The molecule has 3 aromatic rings. The number of benzene rings is 1. The van der Waals surface area contributed by atoms with Crippen molar-refractivity contribution in [3.05, 3.63) is 42.1 Å². The Morgan fingerprint density at radius 1 is 1.43 bits per heavy atom. The number of H-pyrrole nitrogens is 1. The molecular formula is C16H18N6O. The van der Waals surface area contributed by atoms with Crippen molar-refractivity contribution in [3.63, 3.8) is 0 Å². The summed E-state index contributed by atoms with van der Waals surface area (Å²) in [6.45, 7) is 2.75. The van der Waals surface area contributed by atoms with Crippen molar-refractivity contribution >= 4 is 16.8 Å². The highest BCUT2D eigenvalue weighted by Crippen LogP contribution is 2.40. The van der Waals surface area contributed by atoms with Crippen molar-refractivity contribution in [1.29, 1.82) is 0 Å². The highest BCUT2D eigenvalue weighted by atomic mass is 16.2. The normalized spacial score (nSPS) is 15.7. The molecule has 2 heterocycles. The van der Waals surface area contributed by atoms with E-state index >= 15 is 0 Å². The molecule has 1 aliphatic rings. The third-order valence-corrected chi connectivity index (χ3v) is 4.29. The number of aromatic amines is 1. The van der Waals surface area contributed by atoms with Gasteiger partial charge in [-0.25, -0.2) is 9.67 Å². The zero-order valence-electron chi connectivity index (χ0n) is 12.9. The highest BCUT2D eigenvalue weighted by Gasteiger charge is 2.37. The second kappa shape index (κ2) is 5.49. The minimum absolute atomic E-state index is 0.111. The van der Waals surface area contributed by atoms with Crippen LogP contribution in [0.5, 0.6) is 0 Å². The maximum atomic E-state index is 12.7. The molecule has 1 fully saturated rings. The van der Waals surface area contributed by atoms with Crippen LogP contribution in [-0.4, -0.2) is 30.9 Å². The summed E-state index contributed by atoms with van der Waals surface area (Å²) in [5.41, 5.74) is 1.28. The van der Waals surface area contributed by atoms with E-state index in [0.717, 1.165) is 36.1 Å². The average Bonchev–Trinajstić information content (AvgIpc) is 3.15. The van der Waals surface area contributed by atoms with E-state index < -0.39 is 0 Å². The van der Waals surface area contributed by atoms with Gasteiger partial charge in [-0.2, -0.15) is 10.2 Å². The Morgan fingerprint density at radius 2 is 2.26 bits per heavy atom. The van der Waals surface area contributed by atoms with E-state index in [4.69, 9.17) is 0 Å². The average molecular weight is 310 g/mol. The van der Waals surface area contributed by atoms with E-state index in [1.165, 1.54) is 0 Å². The molecule has 1 aliphatic carbocycles. The quantitative estimate of drug-likeness (QED) is 0.755. The third kappa shape index (κ3) is 2.48. The third-order valence-electron chi connectivity index (χ3n) is 4.29. The van der Waals surface area contributed by atoms with Crippen LogP contribution < -0.4 is 5.32 Å². The number of rotatable bonds is 5. The molecule has 0 radical (unpaired) electrons. The van der Waals surface area contributed by atoms with E-state index in [-0.39, 0.29) is 11.9 Å². The van der Waals surface area contributed by atoms with Gasteiger partial charge in [0.2, 0.25) is 0 Å². The lowest BCUT2D eigenvalue weighted by Gasteiger charge is -2.17. The summed E-state index contributed by atoms with van der Waals surface area (Å²) in [7, 11) is 0. The predicted molar refractivity (Wildman–Crippen MR) is 84.7 cm³/mol. The second-order valence-electron chi connectivity index (χ2n) is 5.84. The predicted octanol–water partition coefficient (Wildman–Crippen LogP) is 2.06.